The van der Waals surface area contributed by atoms with Crippen LogP contribution in [0.15, 0.2) is 12.4 Å². The van der Waals surface area contributed by atoms with Crippen molar-refractivity contribution in [2.75, 3.05) is 6.61 Å². The van der Waals surface area contributed by atoms with Crippen molar-refractivity contribution < 1.29 is 9.50 Å². The molecule has 0 aliphatic rings. The monoisotopic (exact) mass is 112 g/mol. The van der Waals surface area contributed by atoms with Crippen molar-refractivity contribution in [1.82, 2.24) is 0 Å². The Hall–Kier alpha value is -0.0800. The first-order valence-electron chi connectivity index (χ1n) is 1.21. The number of aliphatic hydroxyl groups is 1. The van der Waals surface area contributed by atoms with E-state index in [-0.39, 0.29) is 12.4 Å². The minimum absolute atomic E-state index is 0. The molecule has 0 unspecified atom stereocenters. The molecule has 0 aromatic heterocycles. The zero-order chi connectivity index (χ0) is 4.28. The van der Waals surface area contributed by atoms with Gasteiger partial charge in [-0.15, -0.1) is 12.4 Å². The molecule has 0 spiro atoms. The molecule has 0 rings (SSSR count). The minimum atomic E-state index is -0.690. The third kappa shape index (κ3) is 9.07. The minimum Gasteiger partial charge on any atom is -0.389 e. The summed E-state index contributed by atoms with van der Waals surface area (Å²) in [7, 11) is 0. The van der Waals surface area contributed by atoms with Gasteiger partial charge in [-0.1, -0.05) is 6.58 Å². The zero-order valence-electron chi connectivity index (χ0n) is 3.15. The number of hydrogen-bond donors (Lipinski definition) is 1. The standard InChI is InChI=1S/C3H5FO.ClH/c1-3(4)2-5;/h5H,1-2H2;1H. The smallest absolute Gasteiger partial charge is 0.118 e. The van der Waals surface area contributed by atoms with Crippen LogP contribution in [0.1, 0.15) is 0 Å². The van der Waals surface area contributed by atoms with Gasteiger partial charge >= 0.3 is 0 Å². The molecule has 0 aromatic carbocycles. The predicted octanol–water partition coefficient (Wildman–Crippen LogP) is 0.884. The van der Waals surface area contributed by atoms with Crippen LogP contribution in [0.5, 0.6) is 0 Å². The molecule has 0 saturated carbocycles. The zero-order valence-corrected chi connectivity index (χ0v) is 3.96. The number of halogens is 2. The maximum Gasteiger partial charge on any atom is 0.118 e. The number of hydrogen-bond acceptors (Lipinski definition) is 1. The second-order valence-electron chi connectivity index (χ2n) is 0.675. The molecule has 1 nitrogen and oxygen atoms in total. The Morgan fingerprint density at radius 3 is 2.00 bits per heavy atom. The molecule has 0 heterocycles. The highest BCUT2D eigenvalue weighted by atomic mass is 35.5. The lowest BCUT2D eigenvalue weighted by atomic mass is 10.7. The van der Waals surface area contributed by atoms with E-state index in [1.165, 1.54) is 0 Å². The van der Waals surface area contributed by atoms with E-state index in [4.69, 9.17) is 5.11 Å². The van der Waals surface area contributed by atoms with E-state index in [1.54, 1.807) is 0 Å². The summed E-state index contributed by atoms with van der Waals surface area (Å²) in [5, 5.41) is 7.67. The molecule has 0 saturated heterocycles. The fraction of sp³-hybridized carbons (Fsp3) is 0.333. The van der Waals surface area contributed by atoms with E-state index in [9.17, 15) is 4.39 Å². The first kappa shape index (κ1) is 9.33. The van der Waals surface area contributed by atoms with Crippen LogP contribution in [0.3, 0.4) is 0 Å². The lowest BCUT2D eigenvalue weighted by Crippen LogP contribution is -1.74. The average Bonchev–Trinajstić information content (AvgIpc) is 1.38. The van der Waals surface area contributed by atoms with Crippen LogP contribution in [0.2, 0.25) is 0 Å². The second kappa shape index (κ2) is 4.92. The molecule has 1 N–H and O–H groups in total. The van der Waals surface area contributed by atoms with Crippen LogP contribution < -0.4 is 0 Å². The van der Waals surface area contributed by atoms with E-state index in [1.807, 2.05) is 0 Å². The van der Waals surface area contributed by atoms with Gasteiger partial charge in [0.05, 0.1) is 6.61 Å². The molecule has 0 atom stereocenters. The normalized spacial score (nSPS) is 6.33. The Kier molecular flexibility index (Phi) is 7.65. The van der Waals surface area contributed by atoms with E-state index in [2.05, 4.69) is 6.58 Å². The molecule has 38 valence electrons. The van der Waals surface area contributed by atoms with E-state index in [0.29, 0.717) is 0 Å². The Labute approximate surface area is 41.9 Å². The van der Waals surface area contributed by atoms with Crippen LogP contribution in [0, 0.1) is 0 Å². The van der Waals surface area contributed by atoms with Crippen molar-refractivity contribution in [3.8, 4) is 0 Å². The van der Waals surface area contributed by atoms with Crippen LogP contribution >= 0.6 is 12.4 Å². The Bertz CT molecular complexity index is 46.1. The molecule has 0 aromatic rings. The van der Waals surface area contributed by atoms with Gasteiger partial charge in [-0.3, -0.25) is 0 Å². The van der Waals surface area contributed by atoms with Crippen LogP contribution in [-0.2, 0) is 0 Å². The van der Waals surface area contributed by atoms with Gasteiger partial charge in [0, 0.05) is 0 Å². The Morgan fingerprint density at radius 2 is 2.00 bits per heavy atom. The molecular weight excluding hydrogens is 106 g/mol. The van der Waals surface area contributed by atoms with Gasteiger partial charge in [-0.2, -0.15) is 0 Å². The van der Waals surface area contributed by atoms with Crippen LogP contribution in [-0.4, -0.2) is 11.7 Å². The van der Waals surface area contributed by atoms with Crippen molar-refractivity contribution in [3.63, 3.8) is 0 Å². The maximum atomic E-state index is 11.0. The van der Waals surface area contributed by atoms with Gasteiger partial charge in [0.1, 0.15) is 5.83 Å². The summed E-state index contributed by atoms with van der Waals surface area (Å²) in [6.45, 7) is 2.20. The Balaban J connectivity index is 0. The predicted molar refractivity (Wildman–Crippen MR) is 24.6 cm³/mol. The maximum absolute atomic E-state index is 11.0. The molecule has 0 fully saturated rings. The second-order valence-corrected chi connectivity index (χ2v) is 0.675. The van der Waals surface area contributed by atoms with Crippen LogP contribution in [0.4, 0.5) is 4.39 Å². The molecule has 0 bridgehead atoms. The van der Waals surface area contributed by atoms with Crippen molar-refractivity contribution in [2.45, 2.75) is 0 Å². The van der Waals surface area contributed by atoms with Gasteiger partial charge in [-0.05, 0) is 0 Å². The molecular formula is C3H6ClFO. The summed E-state index contributed by atoms with van der Waals surface area (Å²) in [5.74, 6) is -0.690. The highest BCUT2D eigenvalue weighted by molar-refractivity contribution is 5.85. The van der Waals surface area contributed by atoms with Crippen molar-refractivity contribution in [1.29, 1.82) is 0 Å². The number of rotatable bonds is 1. The molecule has 3 heteroatoms. The lowest BCUT2D eigenvalue weighted by Gasteiger charge is -1.74. The highest BCUT2D eigenvalue weighted by Crippen LogP contribution is 1.82. The number of aliphatic hydroxyl groups excluding tert-OH is 1. The van der Waals surface area contributed by atoms with Gasteiger partial charge in [0.15, 0.2) is 0 Å². The van der Waals surface area contributed by atoms with Gasteiger partial charge in [-0.25, -0.2) is 4.39 Å². The third-order valence-electron chi connectivity index (χ3n) is 0.172. The lowest BCUT2D eigenvalue weighted by molar-refractivity contribution is 0.299. The molecule has 0 aliphatic heterocycles. The van der Waals surface area contributed by atoms with Crippen molar-refractivity contribution >= 4 is 12.4 Å². The third-order valence-corrected chi connectivity index (χ3v) is 0.172. The van der Waals surface area contributed by atoms with Crippen molar-refractivity contribution in [2.24, 2.45) is 0 Å². The summed E-state index contributed by atoms with van der Waals surface area (Å²) in [5.41, 5.74) is 0. The summed E-state index contributed by atoms with van der Waals surface area (Å²) >= 11 is 0. The van der Waals surface area contributed by atoms with Crippen LogP contribution in [0.25, 0.3) is 0 Å². The summed E-state index contributed by atoms with van der Waals surface area (Å²) in [4.78, 5) is 0. The van der Waals surface area contributed by atoms with E-state index < -0.39 is 12.4 Å². The fourth-order valence-corrected chi connectivity index (χ4v) is 0. The first-order chi connectivity index (χ1) is 2.27. The van der Waals surface area contributed by atoms with Crippen molar-refractivity contribution in [3.05, 3.63) is 12.4 Å². The van der Waals surface area contributed by atoms with Gasteiger partial charge in [0.25, 0.3) is 0 Å². The summed E-state index contributed by atoms with van der Waals surface area (Å²) in [6, 6.07) is 0. The Morgan fingerprint density at radius 1 is 1.83 bits per heavy atom. The van der Waals surface area contributed by atoms with E-state index in [0.717, 1.165) is 0 Å². The highest BCUT2D eigenvalue weighted by Gasteiger charge is 1.75. The molecule has 0 aliphatic carbocycles. The summed E-state index contributed by atoms with van der Waals surface area (Å²) in [6.07, 6.45) is 0. The first-order valence-corrected chi connectivity index (χ1v) is 1.21. The quantitative estimate of drug-likeness (QED) is 0.534. The topological polar surface area (TPSA) is 20.2 Å². The largest absolute Gasteiger partial charge is 0.389 e. The van der Waals surface area contributed by atoms with E-state index >= 15 is 0 Å². The van der Waals surface area contributed by atoms with Gasteiger partial charge < -0.3 is 5.11 Å². The summed E-state index contributed by atoms with van der Waals surface area (Å²) < 4.78 is 11.0. The molecule has 6 heavy (non-hydrogen) atoms. The van der Waals surface area contributed by atoms with Gasteiger partial charge in [0.2, 0.25) is 0 Å². The SMILES string of the molecule is C=C(F)CO.Cl. The molecule has 0 amide bonds. The molecule has 0 radical (unpaired) electrons. The average molecular weight is 113 g/mol. The fourth-order valence-electron chi connectivity index (χ4n) is 0.